The van der Waals surface area contributed by atoms with E-state index in [9.17, 15) is 5.11 Å². The Morgan fingerprint density at radius 2 is 1.95 bits per heavy atom. The number of nitrogens with zero attached hydrogens (tertiary/aromatic N) is 4. The van der Waals surface area contributed by atoms with Crippen LogP contribution < -0.4 is 15.0 Å². The van der Waals surface area contributed by atoms with Gasteiger partial charge in [0.1, 0.15) is 17.1 Å². The van der Waals surface area contributed by atoms with Crippen molar-refractivity contribution >= 4 is 27.5 Å². The highest BCUT2D eigenvalue weighted by Crippen LogP contribution is 2.39. The second-order valence-electron chi connectivity index (χ2n) is 10.7. The summed E-state index contributed by atoms with van der Waals surface area (Å²) in [5.41, 5.74) is 1.27. The number of halogens is 1. The number of rotatable bonds is 7. The molecule has 2 atom stereocenters. The molecule has 4 aromatic rings. The van der Waals surface area contributed by atoms with E-state index in [4.69, 9.17) is 9.72 Å². The molecule has 3 aliphatic heterocycles. The summed E-state index contributed by atoms with van der Waals surface area (Å²) >= 11 is 0. The molecule has 0 aliphatic carbocycles. The van der Waals surface area contributed by atoms with Gasteiger partial charge in [0.25, 0.3) is 0 Å². The summed E-state index contributed by atoms with van der Waals surface area (Å²) in [5, 5.41) is 16.4. The number of hydrogen-bond donors (Lipinski definition) is 2. The van der Waals surface area contributed by atoms with Crippen LogP contribution in [0, 0.1) is 5.82 Å². The van der Waals surface area contributed by atoms with Gasteiger partial charge >= 0.3 is 6.01 Å². The number of fused-ring (bicyclic) bond motifs is 6. The molecule has 3 fully saturated rings. The number of hydrogen-bond acceptors (Lipinski definition) is 7. The van der Waals surface area contributed by atoms with E-state index in [1.165, 1.54) is 6.42 Å². The molecule has 3 saturated heterocycles. The van der Waals surface area contributed by atoms with Gasteiger partial charge in [-0.1, -0.05) is 30.3 Å². The van der Waals surface area contributed by atoms with Crippen LogP contribution in [0.2, 0.25) is 0 Å². The minimum absolute atomic E-state index is 0.0968. The molecule has 0 amide bonds. The van der Waals surface area contributed by atoms with Gasteiger partial charge in [-0.05, 0) is 74.3 Å². The van der Waals surface area contributed by atoms with Gasteiger partial charge in [0.15, 0.2) is 5.82 Å². The lowest BCUT2D eigenvalue weighted by Gasteiger charge is -2.38. The molecule has 7 nitrogen and oxygen atoms in total. The molecule has 8 heteroatoms. The molecule has 198 valence electrons. The van der Waals surface area contributed by atoms with Gasteiger partial charge in [-0.15, -0.1) is 0 Å². The summed E-state index contributed by atoms with van der Waals surface area (Å²) in [4.78, 5) is 13.9. The highest BCUT2D eigenvalue weighted by molar-refractivity contribution is 6.01. The molecular weight excluding hydrogens is 481 g/mol. The Morgan fingerprint density at radius 3 is 2.82 bits per heavy atom. The number of benzene rings is 3. The predicted octanol–water partition coefficient (Wildman–Crippen LogP) is 4.96. The second kappa shape index (κ2) is 10.3. The first-order valence-electron chi connectivity index (χ1n) is 13.5. The lowest BCUT2D eigenvalue weighted by atomic mass is 9.96. The Bertz CT molecular complexity index is 1470. The van der Waals surface area contributed by atoms with Crippen LogP contribution in [0.3, 0.4) is 0 Å². The quantitative estimate of drug-likeness (QED) is 0.337. The molecular formula is C30H34FN5O2. The molecule has 2 bridgehead atoms. The fourth-order valence-corrected chi connectivity index (χ4v) is 5.85. The first kappa shape index (κ1) is 24.8. The maximum absolute atomic E-state index is 16.4. The van der Waals surface area contributed by atoms with E-state index >= 15 is 4.39 Å². The molecule has 0 saturated carbocycles. The number of phenols is 1. The highest BCUT2D eigenvalue weighted by atomic mass is 19.1. The van der Waals surface area contributed by atoms with Crippen LogP contribution in [0.5, 0.6) is 11.8 Å². The largest absolute Gasteiger partial charge is 0.508 e. The van der Waals surface area contributed by atoms with Crippen LogP contribution >= 0.6 is 0 Å². The van der Waals surface area contributed by atoms with E-state index < -0.39 is 5.82 Å². The summed E-state index contributed by atoms with van der Waals surface area (Å²) in [5.74, 6) is 0.403. The molecule has 2 unspecified atom stereocenters. The van der Waals surface area contributed by atoms with Gasteiger partial charge in [-0.3, -0.25) is 0 Å². The molecule has 4 heterocycles. The monoisotopic (exact) mass is 515 g/mol. The van der Waals surface area contributed by atoms with Crippen LogP contribution in [-0.2, 0) is 0 Å². The second-order valence-corrected chi connectivity index (χ2v) is 10.7. The van der Waals surface area contributed by atoms with Crippen LogP contribution in [-0.4, -0.2) is 72.4 Å². The summed E-state index contributed by atoms with van der Waals surface area (Å²) in [6.07, 6.45) is 4.19. The molecule has 0 radical (unpaired) electrons. The van der Waals surface area contributed by atoms with Crippen molar-refractivity contribution in [3.63, 3.8) is 0 Å². The zero-order valence-electron chi connectivity index (χ0n) is 22.0. The van der Waals surface area contributed by atoms with E-state index in [1.54, 1.807) is 18.2 Å². The number of nitrogens with one attached hydrogen (secondary N) is 1. The smallest absolute Gasteiger partial charge is 0.319 e. The Balaban J connectivity index is 1.48. The van der Waals surface area contributed by atoms with Crippen molar-refractivity contribution in [2.24, 2.45) is 0 Å². The van der Waals surface area contributed by atoms with Gasteiger partial charge in [0, 0.05) is 42.7 Å². The molecule has 1 aromatic heterocycles. The van der Waals surface area contributed by atoms with Gasteiger partial charge in [0.2, 0.25) is 0 Å². The van der Waals surface area contributed by atoms with E-state index in [2.05, 4.69) is 20.1 Å². The summed E-state index contributed by atoms with van der Waals surface area (Å²) < 4.78 is 22.4. The van der Waals surface area contributed by atoms with Crippen molar-refractivity contribution in [2.45, 2.75) is 37.8 Å². The SMILES string of the molecule is CN(C)CCCOc1nc(N2CC3CCCC2CN3)c2ccc(-c3cc(O)cc4ccccc34)c(F)c2n1. The first-order valence-corrected chi connectivity index (χ1v) is 13.5. The Kier molecular flexibility index (Phi) is 6.76. The maximum Gasteiger partial charge on any atom is 0.319 e. The third-order valence-electron chi connectivity index (χ3n) is 7.75. The summed E-state index contributed by atoms with van der Waals surface area (Å²) in [6, 6.07) is 15.6. The number of ether oxygens (including phenoxy) is 1. The average Bonchev–Trinajstić information content (AvgIpc) is 3.27. The van der Waals surface area contributed by atoms with Crippen LogP contribution in [0.1, 0.15) is 25.7 Å². The first-order chi connectivity index (χ1) is 18.5. The van der Waals surface area contributed by atoms with Crippen molar-refractivity contribution in [1.82, 2.24) is 20.2 Å². The van der Waals surface area contributed by atoms with Crippen molar-refractivity contribution < 1.29 is 14.2 Å². The zero-order valence-corrected chi connectivity index (χ0v) is 22.0. The van der Waals surface area contributed by atoms with Crippen molar-refractivity contribution in [3.8, 4) is 22.9 Å². The predicted molar refractivity (Wildman–Crippen MR) is 150 cm³/mol. The Hall–Kier alpha value is -3.49. The minimum Gasteiger partial charge on any atom is -0.508 e. The summed E-state index contributed by atoms with van der Waals surface area (Å²) in [7, 11) is 4.05. The molecule has 0 spiro atoms. The van der Waals surface area contributed by atoms with Crippen molar-refractivity contribution in [2.75, 3.05) is 45.2 Å². The fraction of sp³-hybridized carbons (Fsp3) is 0.400. The van der Waals surface area contributed by atoms with Crippen molar-refractivity contribution in [1.29, 1.82) is 0 Å². The Morgan fingerprint density at radius 1 is 1.08 bits per heavy atom. The molecule has 7 rings (SSSR count). The standard InChI is InChI=1S/C30H34FN5O2/c1-35(2)13-6-14-38-30-33-28-25(29(34-30)36-18-20-8-5-9-21(36)17-32-20)12-11-24(27(28)31)26-16-22(37)15-19-7-3-4-10-23(19)26/h3-4,7,10-12,15-16,20-21,32,37H,5-6,8-9,13-14,17-18H2,1-2H3. The molecule has 3 aliphatic rings. The minimum atomic E-state index is -0.432. The van der Waals surface area contributed by atoms with Gasteiger partial charge < -0.3 is 25.0 Å². The average molecular weight is 516 g/mol. The van der Waals surface area contributed by atoms with Crippen LogP contribution in [0.25, 0.3) is 32.8 Å². The van der Waals surface area contributed by atoms with E-state index in [0.717, 1.165) is 55.5 Å². The maximum atomic E-state index is 16.4. The van der Waals surface area contributed by atoms with Crippen LogP contribution in [0.15, 0.2) is 48.5 Å². The number of piperazine rings is 1. The number of aromatic nitrogens is 2. The molecule has 2 N–H and O–H groups in total. The number of aromatic hydroxyl groups is 1. The Labute approximate surface area is 222 Å². The third-order valence-corrected chi connectivity index (χ3v) is 7.75. The molecule has 38 heavy (non-hydrogen) atoms. The number of phenolic OH excluding ortho intramolecular Hbond substituents is 1. The van der Waals surface area contributed by atoms with E-state index in [-0.39, 0.29) is 17.3 Å². The van der Waals surface area contributed by atoms with Gasteiger partial charge in [-0.25, -0.2) is 4.39 Å². The topological polar surface area (TPSA) is 73.8 Å². The van der Waals surface area contributed by atoms with Gasteiger partial charge in [-0.2, -0.15) is 9.97 Å². The van der Waals surface area contributed by atoms with Crippen LogP contribution in [0.4, 0.5) is 10.2 Å². The third kappa shape index (κ3) is 4.74. The van der Waals surface area contributed by atoms with Crippen molar-refractivity contribution in [3.05, 3.63) is 54.3 Å². The van der Waals surface area contributed by atoms with Gasteiger partial charge in [0.05, 0.1) is 6.61 Å². The lowest BCUT2D eigenvalue weighted by Crippen LogP contribution is -2.54. The normalized spacial score (nSPS) is 19.4. The summed E-state index contributed by atoms with van der Waals surface area (Å²) in [6.45, 7) is 3.06. The molecule has 3 aromatic carbocycles. The van der Waals surface area contributed by atoms with E-state index in [0.29, 0.717) is 35.2 Å². The number of anilines is 1. The fourth-order valence-electron chi connectivity index (χ4n) is 5.85. The van der Waals surface area contributed by atoms with E-state index in [1.807, 2.05) is 44.4 Å². The lowest BCUT2D eigenvalue weighted by molar-refractivity contribution is 0.264. The zero-order chi connectivity index (χ0) is 26.2. The highest BCUT2D eigenvalue weighted by Gasteiger charge is 2.33.